The van der Waals surface area contributed by atoms with Crippen LogP contribution in [0.2, 0.25) is 0 Å². The molecule has 5 nitrogen and oxygen atoms in total. The first-order chi connectivity index (χ1) is 10.1. The van der Waals surface area contributed by atoms with Crippen molar-refractivity contribution in [2.24, 2.45) is 0 Å². The maximum atomic E-state index is 12.1. The Hall–Kier alpha value is -0.980. The van der Waals surface area contributed by atoms with Crippen LogP contribution < -0.4 is 5.32 Å². The third kappa shape index (κ3) is 4.02. The molecule has 1 heterocycles. The lowest BCUT2D eigenvalue weighted by Gasteiger charge is -2.40. The topological polar surface area (TPSA) is 60.5 Å². The number of hydrogen-bond acceptors (Lipinski definition) is 5. The molecule has 1 atom stereocenters. The molecule has 1 aliphatic carbocycles. The Kier molecular flexibility index (Phi) is 5.72. The lowest BCUT2D eigenvalue weighted by atomic mass is 9.77. The van der Waals surface area contributed by atoms with Crippen molar-refractivity contribution in [2.75, 3.05) is 20.3 Å². The van der Waals surface area contributed by atoms with Crippen LogP contribution in [-0.2, 0) is 9.47 Å². The highest BCUT2D eigenvalue weighted by Crippen LogP contribution is 2.37. The molecular formula is C15H24N2O3S. The third-order valence-corrected chi connectivity index (χ3v) is 5.23. The summed E-state index contributed by atoms with van der Waals surface area (Å²) in [4.78, 5) is 17.0. The van der Waals surface area contributed by atoms with Gasteiger partial charge in [-0.15, -0.1) is 11.3 Å². The number of hydrogen-bond donors (Lipinski definition) is 1. The van der Waals surface area contributed by atoms with Crippen LogP contribution in [0.1, 0.15) is 60.3 Å². The highest BCUT2D eigenvalue weighted by Gasteiger charge is 2.36. The second-order valence-corrected chi connectivity index (χ2v) is 6.47. The van der Waals surface area contributed by atoms with Crippen molar-refractivity contribution in [3.05, 3.63) is 16.1 Å². The van der Waals surface area contributed by atoms with E-state index < -0.39 is 0 Å². The van der Waals surface area contributed by atoms with Crippen LogP contribution in [-0.4, -0.2) is 36.8 Å². The van der Waals surface area contributed by atoms with E-state index in [0.717, 1.165) is 24.3 Å². The predicted molar refractivity (Wildman–Crippen MR) is 82.7 cm³/mol. The molecule has 0 saturated heterocycles. The molecule has 0 radical (unpaired) electrons. The quantitative estimate of drug-likeness (QED) is 0.802. The Morgan fingerprint density at radius 2 is 2.33 bits per heavy atom. The number of aromatic nitrogens is 1. The molecule has 0 aromatic carbocycles. The number of carbonyl (C=O) groups is 1. The maximum Gasteiger partial charge on any atom is 0.263 e. The molecule has 1 aliphatic rings. The Bertz CT molecular complexity index is 466. The van der Waals surface area contributed by atoms with E-state index >= 15 is 0 Å². The summed E-state index contributed by atoms with van der Waals surface area (Å²) < 4.78 is 11.0. The molecule has 0 unspecified atom stereocenters. The summed E-state index contributed by atoms with van der Waals surface area (Å²) in [6, 6.07) is 0. The Balaban J connectivity index is 1.80. The van der Waals surface area contributed by atoms with Crippen molar-refractivity contribution < 1.29 is 14.3 Å². The van der Waals surface area contributed by atoms with Crippen molar-refractivity contribution >= 4 is 17.2 Å². The van der Waals surface area contributed by atoms with Crippen LogP contribution in [0.3, 0.4) is 0 Å². The molecule has 1 saturated carbocycles. The van der Waals surface area contributed by atoms with Crippen LogP contribution in [0.4, 0.5) is 0 Å². The minimum absolute atomic E-state index is 0.00435. The van der Waals surface area contributed by atoms with Crippen LogP contribution >= 0.6 is 11.3 Å². The second kappa shape index (κ2) is 7.33. The fraction of sp³-hybridized carbons (Fsp3) is 0.733. The van der Waals surface area contributed by atoms with E-state index in [1.54, 1.807) is 13.3 Å². The van der Waals surface area contributed by atoms with E-state index in [0.29, 0.717) is 18.0 Å². The van der Waals surface area contributed by atoms with Crippen molar-refractivity contribution in [1.29, 1.82) is 0 Å². The first kappa shape index (κ1) is 16.4. The fourth-order valence-electron chi connectivity index (χ4n) is 2.52. The molecule has 6 heteroatoms. The number of nitrogens with zero attached hydrogens (tertiary/aromatic N) is 1. The number of nitrogens with one attached hydrogen (secondary N) is 1. The number of rotatable bonds is 8. The summed E-state index contributed by atoms with van der Waals surface area (Å²) >= 11 is 1.39. The molecule has 1 fully saturated rings. The van der Waals surface area contributed by atoms with Gasteiger partial charge in [-0.1, -0.05) is 0 Å². The SMILES string of the molecule is CCO[C@@H](C)c1ncc(C(=O)NCCC2(OC)CCC2)s1. The van der Waals surface area contributed by atoms with Crippen molar-refractivity contribution in [3.8, 4) is 0 Å². The molecule has 0 bridgehead atoms. The minimum atomic E-state index is -0.0620. The zero-order valence-electron chi connectivity index (χ0n) is 13.0. The smallest absolute Gasteiger partial charge is 0.263 e. The van der Waals surface area contributed by atoms with Gasteiger partial charge in [0.25, 0.3) is 5.91 Å². The Morgan fingerprint density at radius 3 is 2.90 bits per heavy atom. The van der Waals surface area contributed by atoms with Gasteiger partial charge in [-0.2, -0.15) is 0 Å². The fourth-order valence-corrected chi connectivity index (χ4v) is 3.36. The van der Waals surface area contributed by atoms with E-state index in [4.69, 9.17) is 9.47 Å². The number of amides is 1. The van der Waals surface area contributed by atoms with Crippen LogP contribution in [0.15, 0.2) is 6.20 Å². The lowest BCUT2D eigenvalue weighted by Crippen LogP contribution is -2.42. The Labute approximate surface area is 130 Å². The molecule has 0 aliphatic heterocycles. The standard InChI is InChI=1S/C15H24N2O3S/c1-4-20-11(2)14-17-10-12(21-14)13(18)16-9-8-15(19-3)6-5-7-15/h10-11H,4-9H2,1-3H3,(H,16,18)/t11-/m0/s1. The normalized spacial score (nSPS) is 18.0. The zero-order valence-corrected chi connectivity index (χ0v) is 13.8. The molecule has 1 aromatic rings. The molecule has 21 heavy (non-hydrogen) atoms. The van der Waals surface area contributed by atoms with Gasteiger partial charge in [0.15, 0.2) is 0 Å². The molecule has 1 amide bonds. The summed E-state index contributed by atoms with van der Waals surface area (Å²) in [7, 11) is 1.76. The number of methoxy groups -OCH3 is 1. The molecular weight excluding hydrogens is 288 g/mol. The number of ether oxygens (including phenoxy) is 2. The summed E-state index contributed by atoms with van der Waals surface area (Å²) in [6.07, 6.45) is 5.84. The number of thiazole rings is 1. The van der Waals surface area contributed by atoms with Crippen LogP contribution in [0.5, 0.6) is 0 Å². The lowest BCUT2D eigenvalue weighted by molar-refractivity contribution is -0.0764. The highest BCUT2D eigenvalue weighted by atomic mass is 32.1. The van der Waals surface area contributed by atoms with Gasteiger partial charge in [-0.25, -0.2) is 4.98 Å². The number of carbonyl (C=O) groups excluding carboxylic acids is 1. The monoisotopic (exact) mass is 312 g/mol. The van der Waals surface area contributed by atoms with Gasteiger partial charge in [0.2, 0.25) is 0 Å². The average molecular weight is 312 g/mol. The van der Waals surface area contributed by atoms with Crippen LogP contribution in [0.25, 0.3) is 0 Å². The average Bonchev–Trinajstić information content (AvgIpc) is 2.92. The zero-order chi connectivity index (χ0) is 15.3. The highest BCUT2D eigenvalue weighted by molar-refractivity contribution is 7.13. The summed E-state index contributed by atoms with van der Waals surface area (Å²) in [5.41, 5.74) is -0.00435. The van der Waals surface area contributed by atoms with E-state index in [1.807, 2.05) is 13.8 Å². The summed E-state index contributed by atoms with van der Waals surface area (Å²) in [6.45, 7) is 5.18. The van der Waals surface area contributed by atoms with Gasteiger partial charge in [0.1, 0.15) is 16.0 Å². The molecule has 118 valence electrons. The predicted octanol–water partition coefficient (Wildman–Crippen LogP) is 2.93. The van der Waals surface area contributed by atoms with Gasteiger partial charge < -0.3 is 14.8 Å². The Morgan fingerprint density at radius 1 is 1.57 bits per heavy atom. The molecule has 2 rings (SSSR count). The minimum Gasteiger partial charge on any atom is -0.378 e. The van der Waals surface area contributed by atoms with Gasteiger partial charge in [0, 0.05) is 20.3 Å². The van der Waals surface area contributed by atoms with Gasteiger partial charge in [-0.3, -0.25) is 4.79 Å². The van der Waals surface area contributed by atoms with E-state index in [1.165, 1.54) is 17.8 Å². The van der Waals surface area contributed by atoms with Crippen LogP contribution in [0, 0.1) is 0 Å². The summed E-state index contributed by atoms with van der Waals surface area (Å²) in [5, 5.41) is 3.79. The van der Waals surface area contributed by atoms with Crippen molar-refractivity contribution in [2.45, 2.75) is 51.2 Å². The van der Waals surface area contributed by atoms with Gasteiger partial charge in [0.05, 0.1) is 11.8 Å². The van der Waals surface area contributed by atoms with E-state index in [2.05, 4.69) is 10.3 Å². The second-order valence-electron chi connectivity index (χ2n) is 5.41. The summed E-state index contributed by atoms with van der Waals surface area (Å²) in [5.74, 6) is -0.0620. The van der Waals surface area contributed by atoms with Crippen molar-refractivity contribution in [1.82, 2.24) is 10.3 Å². The molecule has 1 N–H and O–H groups in total. The first-order valence-electron chi connectivity index (χ1n) is 7.51. The molecule has 0 spiro atoms. The van der Waals surface area contributed by atoms with Gasteiger partial charge >= 0.3 is 0 Å². The van der Waals surface area contributed by atoms with E-state index in [-0.39, 0.29) is 17.6 Å². The first-order valence-corrected chi connectivity index (χ1v) is 8.32. The largest absolute Gasteiger partial charge is 0.378 e. The third-order valence-electron chi connectivity index (χ3n) is 4.08. The maximum absolute atomic E-state index is 12.1. The van der Waals surface area contributed by atoms with Gasteiger partial charge in [-0.05, 0) is 39.5 Å². The molecule has 1 aromatic heterocycles. The van der Waals surface area contributed by atoms with Crippen molar-refractivity contribution in [3.63, 3.8) is 0 Å². The van der Waals surface area contributed by atoms with E-state index in [9.17, 15) is 4.79 Å².